The molecular weight excluding hydrogens is 659 g/mol. The highest BCUT2D eigenvalue weighted by Gasteiger charge is 2.16. The average Bonchev–Trinajstić information content (AvgIpc) is 3.14. The van der Waals surface area contributed by atoms with Crippen molar-refractivity contribution in [3.63, 3.8) is 0 Å². The monoisotopic (exact) mass is 748 g/mol. The van der Waals surface area contributed by atoms with Crippen LogP contribution in [0.2, 0.25) is 0 Å². The number of aliphatic hydroxyl groups excluding tert-OH is 1. The molecule has 6 heteroatoms. The molecule has 0 heterocycles. The third-order valence-corrected chi connectivity index (χ3v) is 11.1. The van der Waals surface area contributed by atoms with Crippen LogP contribution in [0.15, 0.2) is 22.3 Å². The predicted octanol–water partition coefficient (Wildman–Crippen LogP) is 14.0. The quantitative estimate of drug-likeness (QED) is 0.0425. The fourth-order valence-corrected chi connectivity index (χ4v) is 7.71. The van der Waals surface area contributed by atoms with Crippen LogP contribution in [0.25, 0.3) is 0 Å². The van der Waals surface area contributed by atoms with Gasteiger partial charge in [0.25, 0.3) is 0 Å². The van der Waals surface area contributed by atoms with Crippen molar-refractivity contribution >= 4 is 11.9 Å². The smallest absolute Gasteiger partial charge is 0.331 e. The van der Waals surface area contributed by atoms with Crippen molar-refractivity contribution in [1.29, 1.82) is 0 Å². The normalized spacial score (nSPS) is 12.7. The van der Waals surface area contributed by atoms with Crippen LogP contribution in [0.5, 0.6) is 0 Å². The van der Waals surface area contributed by atoms with Gasteiger partial charge in [-0.15, -0.1) is 0 Å². The molecule has 0 bridgehead atoms. The van der Waals surface area contributed by atoms with E-state index in [1.54, 1.807) is 0 Å². The van der Waals surface area contributed by atoms with E-state index in [1.807, 2.05) is 0 Å². The predicted molar refractivity (Wildman–Crippen MR) is 228 cm³/mol. The van der Waals surface area contributed by atoms with Gasteiger partial charge in [-0.05, 0) is 109 Å². The first-order valence-electron chi connectivity index (χ1n) is 23.1. The Morgan fingerprint density at radius 3 is 0.981 bits per heavy atom. The van der Waals surface area contributed by atoms with Crippen LogP contribution in [-0.2, 0) is 9.59 Å². The van der Waals surface area contributed by atoms with Crippen molar-refractivity contribution in [2.24, 2.45) is 0 Å². The fourth-order valence-electron chi connectivity index (χ4n) is 7.71. The van der Waals surface area contributed by atoms with Gasteiger partial charge in [-0.25, -0.2) is 9.59 Å². The lowest BCUT2D eigenvalue weighted by molar-refractivity contribution is -0.133. The van der Waals surface area contributed by atoms with Crippen LogP contribution in [-0.4, -0.2) is 58.4 Å². The van der Waals surface area contributed by atoms with E-state index in [4.69, 9.17) is 0 Å². The Labute approximate surface area is 329 Å². The number of carbonyl (C=O) groups is 2. The van der Waals surface area contributed by atoms with Gasteiger partial charge in [0, 0.05) is 24.3 Å². The molecule has 0 spiro atoms. The third-order valence-electron chi connectivity index (χ3n) is 11.1. The number of aliphatic carboxylic acids is 2. The molecule has 0 amide bonds. The molecule has 0 aliphatic carbocycles. The first-order chi connectivity index (χ1) is 25.9. The van der Waals surface area contributed by atoms with Crippen molar-refractivity contribution in [2.75, 3.05) is 26.2 Å². The lowest BCUT2D eigenvalue weighted by Gasteiger charge is -2.22. The minimum atomic E-state index is -0.716. The number of aliphatic hydroxyl groups is 1. The number of carboxylic acid groups (broad SMARTS) is 2. The maximum absolute atomic E-state index is 12.3. The highest BCUT2D eigenvalue weighted by Crippen LogP contribution is 2.26. The second-order valence-corrected chi connectivity index (χ2v) is 16.0. The zero-order valence-corrected chi connectivity index (χ0v) is 35.8. The molecule has 3 N–H and O–H groups in total. The number of allylic oxidation sites excluding steroid dienone is 2. The van der Waals surface area contributed by atoms with Gasteiger partial charge in [0.1, 0.15) is 0 Å². The third kappa shape index (κ3) is 30.3. The summed E-state index contributed by atoms with van der Waals surface area (Å²) in [5.74, 6) is -1.43. The van der Waals surface area contributed by atoms with E-state index in [0.717, 1.165) is 129 Å². The van der Waals surface area contributed by atoms with E-state index >= 15 is 0 Å². The molecule has 0 saturated carbocycles. The second kappa shape index (κ2) is 38.6. The van der Waals surface area contributed by atoms with Gasteiger partial charge in [-0.3, -0.25) is 0 Å². The molecule has 6 nitrogen and oxygen atoms in total. The lowest BCUT2D eigenvalue weighted by Crippen LogP contribution is -2.28. The summed E-state index contributed by atoms with van der Waals surface area (Å²) in [5, 5.41) is 29.8. The summed E-state index contributed by atoms with van der Waals surface area (Å²) in [7, 11) is 0. The van der Waals surface area contributed by atoms with E-state index in [2.05, 4.69) is 32.6 Å². The maximum atomic E-state index is 12.3. The molecule has 312 valence electrons. The first-order valence-corrected chi connectivity index (χ1v) is 23.1. The topological polar surface area (TPSA) is 98.1 Å². The summed E-state index contributed by atoms with van der Waals surface area (Å²) in [4.78, 5) is 27.1. The summed E-state index contributed by atoms with van der Waals surface area (Å²) in [5.41, 5.74) is 3.76. The van der Waals surface area contributed by atoms with Gasteiger partial charge >= 0.3 is 11.9 Å². The van der Waals surface area contributed by atoms with Crippen LogP contribution in [0, 0.1) is 0 Å². The maximum Gasteiger partial charge on any atom is 0.331 e. The Morgan fingerprint density at radius 2 is 0.642 bits per heavy atom. The second-order valence-electron chi connectivity index (χ2n) is 16.0. The molecule has 0 aromatic carbocycles. The molecule has 0 unspecified atom stereocenters. The van der Waals surface area contributed by atoms with E-state index in [-0.39, 0.29) is 6.61 Å². The van der Waals surface area contributed by atoms with Crippen molar-refractivity contribution < 1.29 is 24.9 Å². The minimum absolute atomic E-state index is 0.189. The van der Waals surface area contributed by atoms with Crippen LogP contribution in [0.1, 0.15) is 240 Å². The lowest BCUT2D eigenvalue weighted by atomic mass is 9.93. The molecule has 0 radical (unpaired) electrons. The highest BCUT2D eigenvalue weighted by atomic mass is 16.4. The summed E-state index contributed by atoms with van der Waals surface area (Å²) in [6, 6.07) is 0. The summed E-state index contributed by atoms with van der Waals surface area (Å²) >= 11 is 0. The molecular formula is C47H89NO5. The van der Waals surface area contributed by atoms with E-state index in [9.17, 15) is 24.9 Å². The molecule has 0 rings (SSSR count). The Morgan fingerprint density at radius 1 is 0.358 bits per heavy atom. The Kier molecular flexibility index (Phi) is 37.4. The van der Waals surface area contributed by atoms with Gasteiger partial charge in [0.2, 0.25) is 0 Å². The zero-order valence-electron chi connectivity index (χ0n) is 35.8. The fraction of sp³-hybridized carbons (Fsp3) is 0.872. The van der Waals surface area contributed by atoms with Crippen LogP contribution in [0.3, 0.4) is 0 Å². The van der Waals surface area contributed by atoms with Crippen molar-refractivity contribution in [3.05, 3.63) is 22.3 Å². The highest BCUT2D eigenvalue weighted by molar-refractivity contribution is 5.88. The van der Waals surface area contributed by atoms with Gasteiger partial charge in [-0.1, -0.05) is 154 Å². The van der Waals surface area contributed by atoms with Crippen LogP contribution < -0.4 is 0 Å². The van der Waals surface area contributed by atoms with E-state index < -0.39 is 11.9 Å². The number of nitrogens with zero attached hydrogens (tertiary/aromatic N) is 1. The first kappa shape index (κ1) is 51.3. The molecule has 0 atom stereocenters. The summed E-state index contributed by atoms with van der Waals surface area (Å²) < 4.78 is 0. The Balaban J connectivity index is 4.89. The van der Waals surface area contributed by atoms with E-state index in [1.165, 1.54) is 101 Å². The summed E-state index contributed by atoms with van der Waals surface area (Å²) in [6.07, 6.45) is 36.4. The van der Waals surface area contributed by atoms with Crippen molar-refractivity contribution in [1.82, 2.24) is 4.90 Å². The molecule has 0 saturated heterocycles. The van der Waals surface area contributed by atoms with Crippen molar-refractivity contribution in [3.8, 4) is 0 Å². The summed E-state index contributed by atoms with van der Waals surface area (Å²) in [6.45, 7) is 11.9. The number of carboxylic acids is 2. The Hall–Kier alpha value is -1.66. The van der Waals surface area contributed by atoms with Crippen molar-refractivity contribution in [2.45, 2.75) is 240 Å². The molecule has 0 aliphatic heterocycles. The molecule has 0 aromatic rings. The number of rotatable bonds is 41. The number of hydrogen-bond donors (Lipinski definition) is 3. The van der Waals surface area contributed by atoms with Crippen LogP contribution in [0.4, 0.5) is 0 Å². The van der Waals surface area contributed by atoms with Gasteiger partial charge in [0.15, 0.2) is 0 Å². The number of hydrogen-bond acceptors (Lipinski definition) is 4. The largest absolute Gasteiger partial charge is 0.478 e. The molecule has 53 heavy (non-hydrogen) atoms. The standard InChI is InChI=1S/C47H89NO5/c1-5-9-13-15-17-19-21-25-34-42(32-11-7-3)44(46(50)51)36-27-23-29-38-48(40-31-41-49)39-30-24-28-37-45(47(52)53)43(33-12-8-4)35-26-22-20-18-16-14-10-6-2/h49H,5-41H2,1-4H3,(H,50,51)(H,52,53)/b44-42+,45-43+. The molecule has 0 fully saturated rings. The van der Waals surface area contributed by atoms with Gasteiger partial charge < -0.3 is 20.2 Å². The van der Waals surface area contributed by atoms with E-state index in [0.29, 0.717) is 24.0 Å². The average molecular weight is 748 g/mol. The zero-order chi connectivity index (χ0) is 39.2. The van der Waals surface area contributed by atoms with Gasteiger partial charge in [0.05, 0.1) is 0 Å². The SMILES string of the molecule is CCCCCCCCCC/C(CCCC)=C(\CCCCCN(CCCO)CCCCC/C(C(=O)O)=C(/CCCC)CCCCCCCCCC)C(=O)O. The van der Waals surface area contributed by atoms with Crippen LogP contribution >= 0.6 is 0 Å². The molecule has 0 aromatic heterocycles. The minimum Gasteiger partial charge on any atom is -0.478 e. The van der Waals surface area contributed by atoms with Gasteiger partial charge in [-0.2, -0.15) is 0 Å². The number of unbranched alkanes of at least 4 members (excludes halogenated alkanes) is 20. The molecule has 0 aliphatic rings. The Bertz CT molecular complexity index is 856.